The molecule has 0 atom stereocenters. The van der Waals surface area contributed by atoms with Crippen molar-refractivity contribution in [3.05, 3.63) is 15.8 Å². The highest BCUT2D eigenvalue weighted by Gasteiger charge is 2.27. The molecule has 0 spiro atoms. The zero-order chi connectivity index (χ0) is 10.1. The molecule has 76 valence electrons. The molecule has 1 fully saturated rings. The van der Waals surface area contributed by atoms with Crippen LogP contribution in [0.2, 0.25) is 0 Å². The van der Waals surface area contributed by atoms with Crippen molar-refractivity contribution in [2.75, 3.05) is 7.11 Å². The van der Waals surface area contributed by atoms with Gasteiger partial charge in [0.2, 0.25) is 0 Å². The molecule has 1 heterocycles. The Morgan fingerprint density at radius 2 is 2.43 bits per heavy atom. The van der Waals surface area contributed by atoms with Crippen LogP contribution in [0.3, 0.4) is 0 Å². The molecule has 4 heteroatoms. The Morgan fingerprint density at radius 3 is 2.93 bits per heavy atom. The third-order valence-electron chi connectivity index (χ3n) is 2.30. The van der Waals surface area contributed by atoms with Crippen molar-refractivity contribution >= 4 is 17.3 Å². The molecule has 2 rings (SSSR count). The zero-order valence-corrected chi connectivity index (χ0v) is 8.76. The SMILES string of the molecule is COc1cc(C2CC2)sc1CC(=O)O. The summed E-state index contributed by atoms with van der Waals surface area (Å²) in [6, 6.07) is 1.99. The summed E-state index contributed by atoms with van der Waals surface area (Å²) in [6.45, 7) is 0. The van der Waals surface area contributed by atoms with E-state index in [0.717, 1.165) is 10.6 Å². The normalized spacial score (nSPS) is 15.5. The van der Waals surface area contributed by atoms with Gasteiger partial charge in [-0.25, -0.2) is 0 Å². The highest BCUT2D eigenvalue weighted by molar-refractivity contribution is 7.12. The molecular weight excluding hydrogens is 200 g/mol. The smallest absolute Gasteiger partial charge is 0.308 e. The van der Waals surface area contributed by atoms with Gasteiger partial charge in [-0.1, -0.05) is 0 Å². The van der Waals surface area contributed by atoms with Crippen molar-refractivity contribution in [1.82, 2.24) is 0 Å². The Kier molecular flexibility index (Phi) is 2.46. The summed E-state index contributed by atoms with van der Waals surface area (Å²) in [5.41, 5.74) is 0. The van der Waals surface area contributed by atoms with Crippen LogP contribution >= 0.6 is 11.3 Å². The highest BCUT2D eigenvalue weighted by Crippen LogP contribution is 2.46. The third kappa shape index (κ3) is 1.90. The molecule has 1 saturated carbocycles. The second-order valence-corrected chi connectivity index (χ2v) is 4.65. The molecule has 0 aromatic carbocycles. The molecule has 1 aliphatic rings. The van der Waals surface area contributed by atoms with E-state index in [9.17, 15) is 4.79 Å². The Morgan fingerprint density at radius 1 is 1.71 bits per heavy atom. The van der Waals surface area contributed by atoms with Crippen LogP contribution in [0, 0.1) is 0 Å². The van der Waals surface area contributed by atoms with Crippen LogP contribution in [-0.4, -0.2) is 18.2 Å². The average molecular weight is 212 g/mol. The Balaban J connectivity index is 2.22. The van der Waals surface area contributed by atoms with Crippen LogP contribution in [0.5, 0.6) is 5.75 Å². The summed E-state index contributed by atoms with van der Waals surface area (Å²) in [4.78, 5) is 12.7. The van der Waals surface area contributed by atoms with Gasteiger partial charge in [0.1, 0.15) is 5.75 Å². The van der Waals surface area contributed by atoms with Crippen LogP contribution in [0.1, 0.15) is 28.5 Å². The van der Waals surface area contributed by atoms with Crippen LogP contribution < -0.4 is 4.74 Å². The third-order valence-corrected chi connectivity index (χ3v) is 3.58. The van der Waals surface area contributed by atoms with Crippen molar-refractivity contribution < 1.29 is 14.6 Å². The second kappa shape index (κ2) is 3.61. The molecular formula is C10H12O3S. The quantitative estimate of drug-likeness (QED) is 0.832. The molecule has 0 amide bonds. The number of hydrogen-bond donors (Lipinski definition) is 1. The Bertz CT molecular complexity index is 352. The van der Waals surface area contributed by atoms with Gasteiger partial charge in [0.05, 0.1) is 18.4 Å². The van der Waals surface area contributed by atoms with Crippen LogP contribution in [0.4, 0.5) is 0 Å². The number of thiophene rings is 1. The molecule has 1 aliphatic carbocycles. The number of rotatable bonds is 4. The minimum atomic E-state index is -0.799. The molecule has 0 unspecified atom stereocenters. The first kappa shape index (κ1) is 9.52. The van der Waals surface area contributed by atoms with Gasteiger partial charge >= 0.3 is 5.97 Å². The van der Waals surface area contributed by atoms with Gasteiger partial charge in [0.25, 0.3) is 0 Å². The van der Waals surface area contributed by atoms with E-state index < -0.39 is 5.97 Å². The lowest BCUT2D eigenvalue weighted by molar-refractivity contribution is -0.136. The number of hydrogen-bond acceptors (Lipinski definition) is 3. The summed E-state index contributed by atoms with van der Waals surface area (Å²) < 4.78 is 5.15. The van der Waals surface area contributed by atoms with Crippen molar-refractivity contribution in [2.24, 2.45) is 0 Å². The number of carbonyl (C=O) groups is 1. The van der Waals surface area contributed by atoms with E-state index in [2.05, 4.69) is 0 Å². The van der Waals surface area contributed by atoms with E-state index in [0.29, 0.717) is 5.92 Å². The van der Waals surface area contributed by atoms with Crippen LogP contribution in [-0.2, 0) is 11.2 Å². The van der Waals surface area contributed by atoms with Gasteiger partial charge in [-0.3, -0.25) is 4.79 Å². The number of aliphatic carboxylic acids is 1. The van der Waals surface area contributed by atoms with Gasteiger partial charge in [0.15, 0.2) is 0 Å². The van der Waals surface area contributed by atoms with Gasteiger partial charge in [-0.2, -0.15) is 0 Å². The van der Waals surface area contributed by atoms with Gasteiger partial charge in [-0.05, 0) is 24.8 Å². The van der Waals surface area contributed by atoms with Crippen molar-refractivity contribution in [1.29, 1.82) is 0 Å². The van der Waals surface area contributed by atoms with Crippen molar-refractivity contribution in [3.63, 3.8) is 0 Å². The molecule has 1 aromatic heterocycles. The Hall–Kier alpha value is -1.03. The molecule has 0 saturated heterocycles. The summed E-state index contributed by atoms with van der Waals surface area (Å²) in [5, 5.41) is 8.70. The van der Waals surface area contributed by atoms with Crippen molar-refractivity contribution in [2.45, 2.75) is 25.2 Å². The predicted octanol–water partition coefficient (Wildman–Crippen LogP) is 2.26. The fourth-order valence-corrected chi connectivity index (χ4v) is 2.73. The second-order valence-electron chi connectivity index (χ2n) is 3.49. The van der Waals surface area contributed by atoms with E-state index in [1.54, 1.807) is 18.4 Å². The topological polar surface area (TPSA) is 46.5 Å². The van der Waals surface area contributed by atoms with E-state index in [4.69, 9.17) is 9.84 Å². The first-order valence-corrected chi connectivity index (χ1v) is 5.40. The lowest BCUT2D eigenvalue weighted by atomic mass is 10.3. The number of methoxy groups -OCH3 is 1. The minimum Gasteiger partial charge on any atom is -0.496 e. The largest absolute Gasteiger partial charge is 0.496 e. The van der Waals surface area contributed by atoms with E-state index >= 15 is 0 Å². The van der Waals surface area contributed by atoms with Crippen LogP contribution in [0.25, 0.3) is 0 Å². The fourth-order valence-electron chi connectivity index (χ4n) is 1.43. The standard InChI is InChI=1S/C10H12O3S/c1-13-7-4-8(6-2-3-6)14-9(7)5-10(11)12/h4,6H,2-3,5H2,1H3,(H,11,12). The highest BCUT2D eigenvalue weighted by atomic mass is 32.1. The maximum atomic E-state index is 10.6. The van der Waals surface area contributed by atoms with Gasteiger partial charge in [-0.15, -0.1) is 11.3 Å². The molecule has 1 N–H and O–H groups in total. The molecule has 3 nitrogen and oxygen atoms in total. The minimum absolute atomic E-state index is 0.0700. The first-order chi connectivity index (χ1) is 6.70. The monoisotopic (exact) mass is 212 g/mol. The molecule has 1 aromatic rings. The molecule has 0 aliphatic heterocycles. The van der Waals surface area contributed by atoms with Gasteiger partial charge < -0.3 is 9.84 Å². The van der Waals surface area contributed by atoms with E-state index in [1.165, 1.54) is 17.7 Å². The zero-order valence-electron chi connectivity index (χ0n) is 7.95. The number of ether oxygens (including phenoxy) is 1. The maximum Gasteiger partial charge on any atom is 0.308 e. The summed E-state index contributed by atoms with van der Waals surface area (Å²) in [5.74, 6) is 0.600. The summed E-state index contributed by atoms with van der Waals surface area (Å²) >= 11 is 1.58. The maximum absolute atomic E-state index is 10.6. The average Bonchev–Trinajstić information content (AvgIpc) is 2.89. The lowest BCUT2D eigenvalue weighted by Gasteiger charge is -1.97. The fraction of sp³-hybridized carbons (Fsp3) is 0.500. The first-order valence-electron chi connectivity index (χ1n) is 4.59. The van der Waals surface area contributed by atoms with Crippen LogP contribution in [0.15, 0.2) is 6.07 Å². The number of carboxylic acids is 1. The van der Waals surface area contributed by atoms with Gasteiger partial charge in [0, 0.05) is 4.88 Å². The summed E-state index contributed by atoms with van der Waals surface area (Å²) in [6.07, 6.45) is 2.53. The van der Waals surface area contributed by atoms with E-state index in [1.807, 2.05) is 6.07 Å². The summed E-state index contributed by atoms with van der Waals surface area (Å²) in [7, 11) is 1.59. The predicted molar refractivity (Wildman–Crippen MR) is 54.2 cm³/mol. The molecule has 14 heavy (non-hydrogen) atoms. The van der Waals surface area contributed by atoms with Crippen molar-refractivity contribution in [3.8, 4) is 5.75 Å². The Labute approximate surface area is 86.3 Å². The number of carboxylic acid groups (broad SMARTS) is 1. The molecule has 0 bridgehead atoms. The molecule has 0 radical (unpaired) electrons. The lowest BCUT2D eigenvalue weighted by Crippen LogP contribution is -1.99. The van der Waals surface area contributed by atoms with E-state index in [-0.39, 0.29) is 6.42 Å².